The van der Waals surface area contributed by atoms with Gasteiger partial charge in [0.1, 0.15) is 11.5 Å². The Morgan fingerprint density at radius 2 is 2.11 bits per heavy atom. The average molecular weight is 245 g/mol. The summed E-state index contributed by atoms with van der Waals surface area (Å²) in [4.78, 5) is 20.2. The van der Waals surface area contributed by atoms with Gasteiger partial charge >= 0.3 is 0 Å². The number of rotatable bonds is 4. The number of aromatic nitrogens is 3. The Morgan fingerprint density at radius 3 is 2.67 bits per heavy atom. The van der Waals surface area contributed by atoms with Gasteiger partial charge in [0.25, 0.3) is 0 Å². The molecule has 4 nitrogen and oxygen atoms in total. The maximum Gasteiger partial charge on any atom is 0.152 e. The molecule has 0 radical (unpaired) electrons. The van der Waals surface area contributed by atoms with Crippen LogP contribution in [-0.4, -0.2) is 20.8 Å². The van der Waals surface area contributed by atoms with E-state index in [0.29, 0.717) is 5.56 Å². The minimum absolute atomic E-state index is 0.282. The fourth-order valence-corrected chi connectivity index (χ4v) is 2.23. The second kappa shape index (κ2) is 4.88. The molecule has 18 heavy (non-hydrogen) atoms. The second-order valence-electron chi connectivity index (χ2n) is 4.88. The summed E-state index contributed by atoms with van der Waals surface area (Å²) < 4.78 is 2.05. The molecule has 0 unspecified atom stereocenters. The highest BCUT2D eigenvalue weighted by Crippen LogP contribution is 2.24. The van der Waals surface area contributed by atoms with Crippen molar-refractivity contribution >= 4 is 17.3 Å². The Bertz CT molecular complexity index is 584. The van der Waals surface area contributed by atoms with Gasteiger partial charge in [0.05, 0.1) is 11.1 Å². The van der Waals surface area contributed by atoms with E-state index in [4.69, 9.17) is 0 Å². The number of aldehydes is 1. The first kappa shape index (κ1) is 12.7. The molecule has 2 aromatic heterocycles. The number of hydrogen-bond acceptors (Lipinski definition) is 3. The van der Waals surface area contributed by atoms with E-state index in [-0.39, 0.29) is 6.04 Å². The van der Waals surface area contributed by atoms with Crippen LogP contribution in [0.5, 0.6) is 0 Å². The third-order valence-corrected chi connectivity index (χ3v) is 3.09. The summed E-state index contributed by atoms with van der Waals surface area (Å²) in [7, 11) is 0. The Labute approximate surface area is 107 Å². The SMILES string of the molecule is CCCc1nc(C)c2c(C=O)cn(C(C)C)c2n1. The molecule has 0 atom stereocenters. The van der Waals surface area contributed by atoms with E-state index in [1.165, 1.54) is 0 Å². The van der Waals surface area contributed by atoms with Crippen molar-refractivity contribution < 1.29 is 4.79 Å². The minimum atomic E-state index is 0.282. The maximum atomic E-state index is 11.2. The lowest BCUT2D eigenvalue weighted by molar-refractivity contribution is 0.112. The number of nitrogens with zero attached hydrogens (tertiary/aromatic N) is 3. The van der Waals surface area contributed by atoms with E-state index in [9.17, 15) is 4.79 Å². The Hall–Kier alpha value is -1.71. The molecule has 0 aromatic carbocycles. The van der Waals surface area contributed by atoms with Crippen LogP contribution in [0, 0.1) is 6.92 Å². The molecule has 4 heteroatoms. The quantitative estimate of drug-likeness (QED) is 0.778. The highest BCUT2D eigenvalue weighted by molar-refractivity contribution is 5.97. The van der Waals surface area contributed by atoms with Crippen molar-refractivity contribution in [3.63, 3.8) is 0 Å². The normalized spacial score (nSPS) is 11.4. The van der Waals surface area contributed by atoms with Crippen LogP contribution >= 0.6 is 0 Å². The highest BCUT2D eigenvalue weighted by atomic mass is 16.1. The van der Waals surface area contributed by atoms with Gasteiger partial charge in [0.2, 0.25) is 0 Å². The van der Waals surface area contributed by atoms with Gasteiger partial charge in [0, 0.05) is 24.2 Å². The molecular weight excluding hydrogens is 226 g/mol. The zero-order valence-electron chi connectivity index (χ0n) is 11.4. The molecule has 0 bridgehead atoms. The van der Waals surface area contributed by atoms with Crippen LogP contribution in [0.2, 0.25) is 0 Å². The summed E-state index contributed by atoms with van der Waals surface area (Å²) in [6.45, 7) is 8.23. The van der Waals surface area contributed by atoms with Crippen LogP contribution < -0.4 is 0 Å². The average Bonchev–Trinajstić information content (AvgIpc) is 2.68. The predicted octanol–water partition coefficient (Wildman–Crippen LogP) is 3.09. The summed E-state index contributed by atoms with van der Waals surface area (Å²) >= 11 is 0. The van der Waals surface area contributed by atoms with E-state index in [1.807, 2.05) is 17.7 Å². The molecule has 0 saturated carbocycles. The zero-order valence-corrected chi connectivity index (χ0v) is 11.4. The van der Waals surface area contributed by atoms with Crippen molar-refractivity contribution in [2.75, 3.05) is 0 Å². The molecule has 0 amide bonds. The zero-order chi connectivity index (χ0) is 13.3. The monoisotopic (exact) mass is 245 g/mol. The summed E-state index contributed by atoms with van der Waals surface area (Å²) in [6, 6.07) is 0.282. The van der Waals surface area contributed by atoms with E-state index < -0.39 is 0 Å². The number of carbonyl (C=O) groups is 1. The van der Waals surface area contributed by atoms with E-state index in [2.05, 4.69) is 30.7 Å². The number of hydrogen-bond donors (Lipinski definition) is 0. The molecule has 0 aliphatic heterocycles. The smallest absolute Gasteiger partial charge is 0.152 e. The van der Waals surface area contributed by atoms with Crippen molar-refractivity contribution in [2.24, 2.45) is 0 Å². The van der Waals surface area contributed by atoms with Crippen LogP contribution in [0.15, 0.2) is 6.20 Å². The standard InChI is InChI=1S/C14H19N3O/c1-5-6-12-15-10(4)13-11(8-18)7-17(9(2)3)14(13)16-12/h7-9H,5-6H2,1-4H3. The molecule has 2 heterocycles. The molecule has 2 rings (SSSR count). The maximum absolute atomic E-state index is 11.2. The van der Waals surface area contributed by atoms with Crippen molar-refractivity contribution in [3.05, 3.63) is 23.3 Å². The van der Waals surface area contributed by atoms with Gasteiger partial charge in [0.15, 0.2) is 6.29 Å². The predicted molar refractivity (Wildman–Crippen MR) is 72.0 cm³/mol. The highest BCUT2D eigenvalue weighted by Gasteiger charge is 2.15. The third kappa shape index (κ3) is 2.03. The van der Waals surface area contributed by atoms with Crippen LogP contribution in [0.4, 0.5) is 0 Å². The molecule has 0 N–H and O–H groups in total. The summed E-state index contributed by atoms with van der Waals surface area (Å²) in [5.41, 5.74) is 2.45. The van der Waals surface area contributed by atoms with Crippen LogP contribution in [0.3, 0.4) is 0 Å². The molecular formula is C14H19N3O. The van der Waals surface area contributed by atoms with Gasteiger partial charge in [-0.3, -0.25) is 4.79 Å². The van der Waals surface area contributed by atoms with E-state index in [0.717, 1.165) is 41.7 Å². The molecule has 96 valence electrons. The van der Waals surface area contributed by atoms with Gasteiger partial charge in [-0.05, 0) is 27.2 Å². The van der Waals surface area contributed by atoms with Crippen LogP contribution in [0.1, 0.15) is 55.1 Å². The molecule has 2 aromatic rings. The lowest BCUT2D eigenvalue weighted by atomic mass is 10.2. The second-order valence-corrected chi connectivity index (χ2v) is 4.88. The fraction of sp³-hybridized carbons (Fsp3) is 0.500. The topological polar surface area (TPSA) is 47.8 Å². The van der Waals surface area contributed by atoms with Gasteiger partial charge in [-0.1, -0.05) is 6.92 Å². The number of aryl methyl sites for hydroxylation is 2. The lowest BCUT2D eigenvalue weighted by Crippen LogP contribution is -2.03. The minimum Gasteiger partial charge on any atom is -0.329 e. The molecule has 0 aliphatic carbocycles. The van der Waals surface area contributed by atoms with E-state index >= 15 is 0 Å². The van der Waals surface area contributed by atoms with E-state index in [1.54, 1.807) is 0 Å². The summed E-state index contributed by atoms with van der Waals surface area (Å²) in [5.74, 6) is 0.861. The largest absolute Gasteiger partial charge is 0.329 e. The molecule has 0 saturated heterocycles. The first-order valence-electron chi connectivity index (χ1n) is 6.41. The Morgan fingerprint density at radius 1 is 1.39 bits per heavy atom. The van der Waals surface area contributed by atoms with Gasteiger partial charge < -0.3 is 4.57 Å². The molecule has 0 aliphatic rings. The summed E-state index contributed by atoms with van der Waals surface area (Å²) in [5, 5.41) is 0.888. The Balaban J connectivity index is 2.75. The van der Waals surface area contributed by atoms with Crippen molar-refractivity contribution in [1.82, 2.24) is 14.5 Å². The number of fused-ring (bicyclic) bond motifs is 1. The van der Waals surface area contributed by atoms with Crippen LogP contribution in [0.25, 0.3) is 11.0 Å². The van der Waals surface area contributed by atoms with Gasteiger partial charge in [-0.25, -0.2) is 9.97 Å². The molecule has 0 spiro atoms. The number of carbonyl (C=O) groups excluding carboxylic acids is 1. The third-order valence-electron chi connectivity index (χ3n) is 3.09. The lowest BCUT2D eigenvalue weighted by Gasteiger charge is -2.09. The van der Waals surface area contributed by atoms with Crippen molar-refractivity contribution in [1.29, 1.82) is 0 Å². The van der Waals surface area contributed by atoms with Crippen LogP contribution in [-0.2, 0) is 6.42 Å². The fourth-order valence-electron chi connectivity index (χ4n) is 2.23. The molecule has 0 fully saturated rings. The van der Waals surface area contributed by atoms with Gasteiger partial charge in [-0.2, -0.15) is 0 Å². The summed E-state index contributed by atoms with van der Waals surface area (Å²) in [6.07, 6.45) is 4.65. The Kier molecular flexibility index (Phi) is 3.45. The first-order valence-corrected chi connectivity index (χ1v) is 6.41. The van der Waals surface area contributed by atoms with Crippen molar-refractivity contribution in [2.45, 2.75) is 46.6 Å². The first-order chi connectivity index (χ1) is 8.58. The van der Waals surface area contributed by atoms with Crippen molar-refractivity contribution in [3.8, 4) is 0 Å². The van der Waals surface area contributed by atoms with Gasteiger partial charge in [-0.15, -0.1) is 0 Å².